The Hall–Kier alpha value is -1.88. The Morgan fingerprint density at radius 2 is 1.95 bits per heavy atom. The molecule has 20 heavy (non-hydrogen) atoms. The smallest absolute Gasteiger partial charge is 0.204 e. The van der Waals surface area contributed by atoms with Crippen LogP contribution in [0.3, 0.4) is 0 Å². The first-order valence-corrected chi connectivity index (χ1v) is 7.09. The third-order valence-electron chi connectivity index (χ3n) is 3.49. The molecule has 0 radical (unpaired) electrons. The van der Waals surface area contributed by atoms with Gasteiger partial charge in [-0.05, 0) is 39.0 Å². The number of hydrogen-bond donors (Lipinski definition) is 0. The zero-order valence-corrected chi connectivity index (χ0v) is 12.5. The Kier molecular flexibility index (Phi) is 3.22. The van der Waals surface area contributed by atoms with Crippen molar-refractivity contribution in [3.63, 3.8) is 0 Å². The van der Waals surface area contributed by atoms with Crippen LogP contribution in [0.15, 0.2) is 18.2 Å². The number of rotatable bonds is 3. The van der Waals surface area contributed by atoms with Crippen LogP contribution in [0.4, 0.5) is 5.82 Å². The minimum absolute atomic E-state index is 0.685. The third-order valence-corrected chi connectivity index (χ3v) is 3.73. The van der Waals surface area contributed by atoms with Crippen molar-refractivity contribution in [3.05, 3.63) is 29.0 Å². The molecule has 2 heterocycles. The molecule has 1 aromatic carbocycles. The van der Waals surface area contributed by atoms with E-state index >= 15 is 0 Å². The maximum absolute atomic E-state index is 6.10. The molecule has 0 saturated heterocycles. The van der Waals surface area contributed by atoms with E-state index in [4.69, 9.17) is 16.6 Å². The van der Waals surface area contributed by atoms with Gasteiger partial charge in [-0.3, -0.25) is 4.40 Å². The number of anilines is 1. The first-order chi connectivity index (χ1) is 9.65. The van der Waals surface area contributed by atoms with Gasteiger partial charge < -0.3 is 4.90 Å². The van der Waals surface area contributed by atoms with Crippen LogP contribution >= 0.6 is 11.6 Å². The number of hydrogen-bond acceptors (Lipinski definition) is 4. The van der Waals surface area contributed by atoms with Gasteiger partial charge in [0.25, 0.3) is 0 Å². The average molecular weight is 290 g/mol. The molecule has 6 heteroatoms. The van der Waals surface area contributed by atoms with Crippen LogP contribution in [0.25, 0.3) is 16.7 Å². The normalized spacial score (nSPS) is 11.4. The van der Waals surface area contributed by atoms with Crippen molar-refractivity contribution in [1.29, 1.82) is 0 Å². The van der Waals surface area contributed by atoms with Crippen molar-refractivity contribution in [1.82, 2.24) is 19.6 Å². The van der Waals surface area contributed by atoms with Gasteiger partial charge in [-0.2, -0.15) is 0 Å². The zero-order chi connectivity index (χ0) is 14.3. The fourth-order valence-electron chi connectivity index (χ4n) is 2.47. The van der Waals surface area contributed by atoms with Crippen molar-refractivity contribution in [3.8, 4) is 0 Å². The molecule has 0 aliphatic rings. The van der Waals surface area contributed by atoms with Crippen LogP contribution in [-0.2, 0) is 0 Å². The number of benzene rings is 1. The Labute approximate surface area is 122 Å². The summed E-state index contributed by atoms with van der Waals surface area (Å²) < 4.78 is 2.02. The molecule has 0 fully saturated rings. The van der Waals surface area contributed by atoms with Crippen LogP contribution < -0.4 is 4.90 Å². The maximum atomic E-state index is 6.10. The molecule has 2 aromatic heterocycles. The number of aryl methyl sites for hydroxylation is 1. The van der Waals surface area contributed by atoms with Gasteiger partial charge in [-0.25, -0.2) is 4.98 Å². The first kappa shape index (κ1) is 13.1. The van der Waals surface area contributed by atoms with Gasteiger partial charge in [-0.15, -0.1) is 10.2 Å². The summed E-state index contributed by atoms with van der Waals surface area (Å²) >= 11 is 6.10. The van der Waals surface area contributed by atoms with Gasteiger partial charge in [0.1, 0.15) is 5.82 Å². The highest BCUT2D eigenvalue weighted by atomic mass is 35.5. The van der Waals surface area contributed by atoms with Gasteiger partial charge in [0.05, 0.1) is 11.0 Å². The lowest BCUT2D eigenvalue weighted by molar-refractivity contribution is 0.847. The van der Waals surface area contributed by atoms with E-state index in [1.165, 1.54) is 0 Å². The average Bonchev–Trinajstić information content (AvgIpc) is 2.83. The highest BCUT2D eigenvalue weighted by molar-refractivity contribution is 6.31. The van der Waals surface area contributed by atoms with E-state index in [0.717, 1.165) is 41.4 Å². The topological polar surface area (TPSA) is 46.3 Å². The van der Waals surface area contributed by atoms with Crippen LogP contribution in [0.2, 0.25) is 5.02 Å². The Bertz CT molecular complexity index is 776. The second-order valence-electron chi connectivity index (χ2n) is 4.65. The lowest BCUT2D eigenvalue weighted by Crippen LogP contribution is -2.24. The van der Waals surface area contributed by atoms with Crippen LogP contribution in [-0.4, -0.2) is 32.7 Å². The summed E-state index contributed by atoms with van der Waals surface area (Å²) in [4.78, 5) is 6.92. The molecule has 0 atom stereocenters. The molecule has 0 amide bonds. The van der Waals surface area contributed by atoms with Gasteiger partial charge in [-0.1, -0.05) is 11.6 Å². The molecule has 0 aliphatic carbocycles. The second-order valence-corrected chi connectivity index (χ2v) is 5.08. The van der Waals surface area contributed by atoms with Gasteiger partial charge in [0.2, 0.25) is 5.65 Å². The molecule has 0 bridgehead atoms. The summed E-state index contributed by atoms with van der Waals surface area (Å²) in [5, 5.41) is 9.16. The monoisotopic (exact) mass is 289 g/mol. The Balaban J connectivity index is 2.44. The van der Waals surface area contributed by atoms with Crippen molar-refractivity contribution in [2.45, 2.75) is 20.8 Å². The predicted octanol–water partition coefficient (Wildman–Crippen LogP) is 3.09. The SMILES string of the molecule is CCN(CC)c1nc2ccc(Cl)cc2n2c(C)nnc12. The first-order valence-electron chi connectivity index (χ1n) is 6.71. The summed E-state index contributed by atoms with van der Waals surface area (Å²) in [6.07, 6.45) is 0. The standard InChI is InChI=1S/C14H16ClN5/c1-4-19(5-2)13-14-18-17-9(3)20(14)12-8-10(15)6-7-11(12)16-13/h6-8H,4-5H2,1-3H3. The summed E-state index contributed by atoms with van der Waals surface area (Å²) in [5.74, 6) is 1.70. The minimum atomic E-state index is 0.685. The molecule has 5 nitrogen and oxygen atoms in total. The Morgan fingerprint density at radius 3 is 2.65 bits per heavy atom. The van der Waals surface area contributed by atoms with Crippen LogP contribution in [0, 0.1) is 6.92 Å². The largest absolute Gasteiger partial charge is 0.354 e. The van der Waals surface area contributed by atoms with E-state index in [1.807, 2.05) is 29.5 Å². The molecule has 0 spiro atoms. The van der Waals surface area contributed by atoms with E-state index < -0.39 is 0 Å². The highest BCUT2D eigenvalue weighted by Crippen LogP contribution is 2.26. The lowest BCUT2D eigenvalue weighted by Gasteiger charge is -2.20. The van der Waals surface area contributed by atoms with Gasteiger partial charge >= 0.3 is 0 Å². The molecule has 0 unspecified atom stereocenters. The number of aromatic nitrogens is 4. The molecule has 0 N–H and O–H groups in total. The van der Waals surface area contributed by atoms with Crippen molar-refractivity contribution in [2.24, 2.45) is 0 Å². The molecule has 104 valence electrons. The fraction of sp³-hybridized carbons (Fsp3) is 0.357. The zero-order valence-electron chi connectivity index (χ0n) is 11.8. The molecular weight excluding hydrogens is 274 g/mol. The minimum Gasteiger partial charge on any atom is -0.354 e. The van der Waals surface area contributed by atoms with E-state index in [1.54, 1.807) is 0 Å². The predicted molar refractivity (Wildman–Crippen MR) is 81.6 cm³/mol. The summed E-state index contributed by atoms with van der Waals surface area (Å²) in [6, 6.07) is 5.69. The van der Waals surface area contributed by atoms with E-state index in [2.05, 4.69) is 28.9 Å². The third kappa shape index (κ3) is 1.89. The van der Waals surface area contributed by atoms with E-state index in [9.17, 15) is 0 Å². The highest BCUT2D eigenvalue weighted by Gasteiger charge is 2.16. The molecule has 0 saturated carbocycles. The van der Waals surface area contributed by atoms with Crippen LogP contribution in [0.5, 0.6) is 0 Å². The van der Waals surface area contributed by atoms with Crippen molar-refractivity contribution >= 4 is 34.1 Å². The lowest BCUT2D eigenvalue weighted by atomic mass is 10.3. The van der Waals surface area contributed by atoms with Crippen molar-refractivity contribution in [2.75, 3.05) is 18.0 Å². The molecule has 3 aromatic rings. The number of nitrogens with zero attached hydrogens (tertiary/aromatic N) is 5. The maximum Gasteiger partial charge on any atom is 0.204 e. The van der Waals surface area contributed by atoms with E-state index in [0.29, 0.717) is 5.02 Å². The van der Waals surface area contributed by atoms with Gasteiger partial charge in [0.15, 0.2) is 5.82 Å². The second kappa shape index (κ2) is 4.90. The quantitative estimate of drug-likeness (QED) is 0.743. The summed E-state index contributed by atoms with van der Waals surface area (Å²) in [5.41, 5.74) is 2.61. The Morgan fingerprint density at radius 1 is 1.20 bits per heavy atom. The van der Waals surface area contributed by atoms with Crippen molar-refractivity contribution < 1.29 is 0 Å². The van der Waals surface area contributed by atoms with Gasteiger partial charge in [0, 0.05) is 18.1 Å². The molecule has 0 aliphatic heterocycles. The van der Waals surface area contributed by atoms with Crippen LogP contribution in [0.1, 0.15) is 19.7 Å². The summed E-state index contributed by atoms with van der Waals surface area (Å²) in [7, 11) is 0. The molecular formula is C14H16ClN5. The fourth-order valence-corrected chi connectivity index (χ4v) is 2.63. The summed E-state index contributed by atoms with van der Waals surface area (Å²) in [6.45, 7) is 7.91. The number of halogens is 1. The van der Waals surface area contributed by atoms with E-state index in [-0.39, 0.29) is 0 Å². The molecule has 3 rings (SSSR count). The number of fused-ring (bicyclic) bond motifs is 3.